The van der Waals surface area contributed by atoms with Gasteiger partial charge in [-0.05, 0) is 6.92 Å². The zero-order valence-electron chi connectivity index (χ0n) is 6.31. The second kappa shape index (κ2) is 2.47. The molecule has 0 amide bonds. The summed E-state index contributed by atoms with van der Waals surface area (Å²) in [6.07, 6.45) is 1.09. The van der Waals surface area contributed by atoms with Gasteiger partial charge in [0.15, 0.2) is 6.04 Å². The van der Waals surface area contributed by atoms with Crippen LogP contribution in [0.4, 0.5) is 0 Å². The van der Waals surface area contributed by atoms with Crippen molar-refractivity contribution in [1.29, 1.82) is 0 Å². The minimum absolute atomic E-state index is 1.09. The van der Waals surface area contributed by atoms with E-state index in [1.807, 2.05) is 0 Å². The summed E-state index contributed by atoms with van der Waals surface area (Å²) in [5, 5.41) is 20.7. The van der Waals surface area contributed by atoms with E-state index in [2.05, 4.69) is 10.5 Å². The fraction of sp³-hybridized carbons (Fsp3) is 0.500. The molecule has 1 aliphatic rings. The molecular weight excluding hydrogens is 164 g/mol. The monoisotopic (exact) mass is 172 g/mol. The Kier molecular flexibility index (Phi) is 1.75. The first-order chi connectivity index (χ1) is 5.48. The van der Waals surface area contributed by atoms with Gasteiger partial charge in [-0.3, -0.25) is 10.2 Å². The molecular formula is C6H8N2O4. The van der Waals surface area contributed by atoms with E-state index in [4.69, 9.17) is 10.2 Å². The van der Waals surface area contributed by atoms with Crippen LogP contribution in [0.15, 0.2) is 5.10 Å². The highest BCUT2D eigenvalue weighted by Gasteiger charge is 2.48. The summed E-state index contributed by atoms with van der Waals surface area (Å²) < 4.78 is 0. The largest absolute Gasteiger partial charge is 0.480 e. The van der Waals surface area contributed by atoms with Crippen molar-refractivity contribution in [3.8, 4) is 0 Å². The lowest BCUT2D eigenvalue weighted by molar-refractivity contribution is -0.152. The van der Waals surface area contributed by atoms with Crippen LogP contribution in [0.3, 0.4) is 0 Å². The number of nitrogens with zero attached hydrogens (tertiary/aromatic N) is 1. The van der Waals surface area contributed by atoms with Crippen LogP contribution in [0, 0.1) is 5.41 Å². The minimum atomic E-state index is -1.45. The smallest absolute Gasteiger partial charge is 0.329 e. The summed E-state index contributed by atoms with van der Waals surface area (Å²) in [4.78, 5) is 21.2. The minimum Gasteiger partial charge on any atom is -0.480 e. The molecule has 0 aromatic carbocycles. The first kappa shape index (κ1) is 8.51. The second-order valence-electron chi connectivity index (χ2n) is 2.75. The van der Waals surface area contributed by atoms with Crippen LogP contribution in [0.1, 0.15) is 6.92 Å². The quantitative estimate of drug-likeness (QED) is 0.502. The van der Waals surface area contributed by atoms with Gasteiger partial charge in [0.1, 0.15) is 5.41 Å². The predicted octanol–water partition coefficient (Wildman–Crippen LogP) is -0.880. The van der Waals surface area contributed by atoms with Crippen LogP contribution in [0.25, 0.3) is 0 Å². The lowest BCUT2D eigenvalue weighted by Crippen LogP contribution is -2.47. The SMILES string of the molecule is CC1(C(=O)O)C=NNC1C(=O)O. The number of carboxylic acids is 2. The molecule has 0 saturated carbocycles. The molecule has 0 aliphatic carbocycles. The van der Waals surface area contributed by atoms with Gasteiger partial charge in [-0.15, -0.1) is 0 Å². The van der Waals surface area contributed by atoms with Gasteiger partial charge >= 0.3 is 11.9 Å². The van der Waals surface area contributed by atoms with E-state index in [-0.39, 0.29) is 0 Å². The number of hydrazone groups is 1. The maximum atomic E-state index is 10.6. The van der Waals surface area contributed by atoms with Crippen molar-refractivity contribution in [2.24, 2.45) is 10.5 Å². The van der Waals surface area contributed by atoms with E-state index in [0.717, 1.165) is 6.21 Å². The average Bonchev–Trinajstić information content (AvgIpc) is 2.32. The van der Waals surface area contributed by atoms with E-state index in [1.165, 1.54) is 6.92 Å². The molecule has 1 rings (SSSR count). The van der Waals surface area contributed by atoms with Gasteiger partial charge < -0.3 is 10.2 Å². The van der Waals surface area contributed by atoms with Crippen LogP contribution in [0.2, 0.25) is 0 Å². The van der Waals surface area contributed by atoms with Crippen LogP contribution in [-0.4, -0.2) is 34.4 Å². The molecule has 1 aliphatic heterocycles. The van der Waals surface area contributed by atoms with E-state index in [9.17, 15) is 9.59 Å². The number of hydrogen-bond acceptors (Lipinski definition) is 4. The van der Waals surface area contributed by atoms with Gasteiger partial charge in [0, 0.05) is 6.21 Å². The van der Waals surface area contributed by atoms with E-state index < -0.39 is 23.4 Å². The summed E-state index contributed by atoms with van der Waals surface area (Å²) >= 11 is 0. The Bertz CT molecular complexity index is 262. The molecule has 2 unspecified atom stereocenters. The maximum Gasteiger partial charge on any atom is 0.329 e. The zero-order valence-corrected chi connectivity index (χ0v) is 6.31. The number of nitrogens with one attached hydrogen (secondary N) is 1. The molecule has 0 aromatic rings. The third kappa shape index (κ3) is 1.01. The lowest BCUT2D eigenvalue weighted by Gasteiger charge is -2.19. The van der Waals surface area contributed by atoms with E-state index in [0.29, 0.717) is 0 Å². The Morgan fingerprint density at radius 2 is 2.17 bits per heavy atom. The Labute approximate surface area is 67.9 Å². The summed E-state index contributed by atoms with van der Waals surface area (Å²) in [6, 6.07) is -1.19. The predicted molar refractivity (Wildman–Crippen MR) is 38.8 cm³/mol. The van der Waals surface area contributed by atoms with Crippen molar-refractivity contribution < 1.29 is 19.8 Å². The molecule has 0 saturated heterocycles. The summed E-state index contributed by atoms with van der Waals surface area (Å²) in [5.41, 5.74) is 0.764. The third-order valence-corrected chi connectivity index (χ3v) is 1.84. The molecule has 1 heterocycles. The van der Waals surface area contributed by atoms with Crippen LogP contribution in [0.5, 0.6) is 0 Å². The first-order valence-corrected chi connectivity index (χ1v) is 3.24. The van der Waals surface area contributed by atoms with Crippen molar-refractivity contribution in [3.05, 3.63) is 0 Å². The molecule has 0 bridgehead atoms. The van der Waals surface area contributed by atoms with Gasteiger partial charge in [0.25, 0.3) is 0 Å². The fourth-order valence-electron chi connectivity index (χ4n) is 0.945. The molecule has 6 nitrogen and oxygen atoms in total. The Hall–Kier alpha value is -1.59. The molecule has 0 aromatic heterocycles. The highest BCUT2D eigenvalue weighted by molar-refractivity contribution is 6.01. The van der Waals surface area contributed by atoms with Gasteiger partial charge in [0.2, 0.25) is 0 Å². The number of carbonyl (C=O) groups is 2. The Morgan fingerprint density at radius 3 is 2.50 bits per heavy atom. The van der Waals surface area contributed by atoms with Gasteiger partial charge in [-0.1, -0.05) is 0 Å². The Balaban J connectivity index is 2.95. The van der Waals surface area contributed by atoms with Crippen LogP contribution in [-0.2, 0) is 9.59 Å². The first-order valence-electron chi connectivity index (χ1n) is 3.24. The molecule has 0 radical (unpaired) electrons. The van der Waals surface area contributed by atoms with Crippen molar-refractivity contribution in [2.45, 2.75) is 13.0 Å². The number of carboxylic acid groups (broad SMARTS) is 2. The van der Waals surface area contributed by atoms with E-state index in [1.54, 1.807) is 0 Å². The van der Waals surface area contributed by atoms with Crippen molar-refractivity contribution in [3.63, 3.8) is 0 Å². The van der Waals surface area contributed by atoms with Crippen molar-refractivity contribution in [1.82, 2.24) is 5.43 Å². The molecule has 2 atom stereocenters. The van der Waals surface area contributed by atoms with E-state index >= 15 is 0 Å². The average molecular weight is 172 g/mol. The molecule has 66 valence electrons. The van der Waals surface area contributed by atoms with Gasteiger partial charge in [-0.25, -0.2) is 4.79 Å². The normalized spacial score (nSPS) is 32.9. The Morgan fingerprint density at radius 1 is 1.58 bits per heavy atom. The third-order valence-electron chi connectivity index (χ3n) is 1.84. The lowest BCUT2D eigenvalue weighted by atomic mass is 9.85. The summed E-state index contributed by atoms with van der Waals surface area (Å²) in [6.45, 7) is 1.30. The summed E-state index contributed by atoms with van der Waals surface area (Å²) in [7, 11) is 0. The zero-order chi connectivity index (χ0) is 9.35. The van der Waals surface area contributed by atoms with Crippen LogP contribution < -0.4 is 5.43 Å². The number of rotatable bonds is 2. The number of hydrogen-bond donors (Lipinski definition) is 3. The van der Waals surface area contributed by atoms with Crippen LogP contribution >= 0.6 is 0 Å². The fourth-order valence-corrected chi connectivity index (χ4v) is 0.945. The van der Waals surface area contributed by atoms with Crippen molar-refractivity contribution >= 4 is 18.2 Å². The molecule has 6 heteroatoms. The van der Waals surface area contributed by atoms with Gasteiger partial charge in [-0.2, -0.15) is 5.10 Å². The highest BCUT2D eigenvalue weighted by atomic mass is 16.4. The maximum absolute atomic E-state index is 10.6. The standard InChI is InChI=1S/C6H8N2O4/c1-6(5(11)12)2-7-8-3(6)4(9)10/h2-3,8H,1H3,(H,9,10)(H,11,12). The topological polar surface area (TPSA) is 99.0 Å². The molecule has 12 heavy (non-hydrogen) atoms. The molecule has 0 spiro atoms. The molecule has 0 fully saturated rings. The highest BCUT2D eigenvalue weighted by Crippen LogP contribution is 2.23. The van der Waals surface area contributed by atoms with Gasteiger partial charge in [0.05, 0.1) is 0 Å². The summed E-state index contributed by atoms with van der Waals surface area (Å²) in [5.74, 6) is -2.43. The second-order valence-corrected chi connectivity index (χ2v) is 2.75. The number of aliphatic carboxylic acids is 2. The molecule has 3 N–H and O–H groups in total. The van der Waals surface area contributed by atoms with Crippen molar-refractivity contribution in [2.75, 3.05) is 0 Å².